The number of hydrogen-bond acceptors (Lipinski definition) is 3. The number of amides is 1. The van der Waals surface area contributed by atoms with E-state index >= 15 is 0 Å². The molecule has 3 aromatic rings. The van der Waals surface area contributed by atoms with Crippen LogP contribution in [0.2, 0.25) is 0 Å². The van der Waals surface area contributed by atoms with Crippen molar-refractivity contribution < 1.29 is 4.79 Å². The van der Waals surface area contributed by atoms with Crippen LogP contribution < -0.4 is 0 Å². The van der Waals surface area contributed by atoms with Gasteiger partial charge in [-0.1, -0.05) is 24.3 Å². The zero-order valence-corrected chi connectivity index (χ0v) is 12.3. The minimum Gasteiger partial charge on any atom is -0.337 e. The van der Waals surface area contributed by atoms with Gasteiger partial charge in [-0.15, -0.1) is 0 Å². The number of pyridine rings is 1. The molecule has 0 saturated heterocycles. The summed E-state index contributed by atoms with van der Waals surface area (Å²) in [6, 6.07) is 13.5. The summed E-state index contributed by atoms with van der Waals surface area (Å²) in [7, 11) is 1.77. The zero-order chi connectivity index (χ0) is 15.4. The van der Waals surface area contributed by atoms with Gasteiger partial charge in [0.1, 0.15) is 0 Å². The van der Waals surface area contributed by atoms with Crippen molar-refractivity contribution in [3.8, 4) is 5.69 Å². The Hall–Kier alpha value is -2.95. The highest BCUT2D eigenvalue weighted by Crippen LogP contribution is 2.10. The highest BCUT2D eigenvalue weighted by molar-refractivity contribution is 5.93. The first kappa shape index (κ1) is 14.0. The average Bonchev–Trinajstić information content (AvgIpc) is 3.06. The van der Waals surface area contributed by atoms with Gasteiger partial charge < -0.3 is 4.90 Å². The fourth-order valence-electron chi connectivity index (χ4n) is 2.21. The first-order chi connectivity index (χ1) is 10.7. The molecule has 1 aromatic carbocycles. The molecule has 0 aliphatic rings. The third kappa shape index (κ3) is 3.03. The molecule has 0 spiro atoms. The predicted molar refractivity (Wildman–Crippen MR) is 83.6 cm³/mol. The monoisotopic (exact) mass is 292 g/mol. The van der Waals surface area contributed by atoms with Crippen LogP contribution in [0.25, 0.3) is 5.69 Å². The predicted octanol–water partition coefficient (Wildman–Crippen LogP) is 2.54. The van der Waals surface area contributed by atoms with Gasteiger partial charge in [0, 0.05) is 32.2 Å². The summed E-state index contributed by atoms with van der Waals surface area (Å²) in [4.78, 5) is 18.2. The van der Waals surface area contributed by atoms with E-state index in [1.807, 2.05) is 42.5 Å². The lowest BCUT2D eigenvalue weighted by Gasteiger charge is -2.15. The third-order valence-corrected chi connectivity index (χ3v) is 3.34. The third-order valence-electron chi connectivity index (χ3n) is 3.34. The minimum atomic E-state index is -0.0639. The fourth-order valence-corrected chi connectivity index (χ4v) is 2.21. The second-order valence-electron chi connectivity index (χ2n) is 5.03. The molecular formula is C17H16N4O. The van der Waals surface area contributed by atoms with Crippen LogP contribution in [-0.2, 0) is 6.54 Å². The van der Waals surface area contributed by atoms with E-state index in [1.165, 1.54) is 0 Å². The molecule has 0 aliphatic carbocycles. The summed E-state index contributed by atoms with van der Waals surface area (Å²) in [5.41, 5.74) is 2.49. The maximum atomic E-state index is 12.4. The number of carbonyl (C=O) groups excluding carboxylic acids is 1. The molecule has 5 heteroatoms. The molecule has 0 fully saturated rings. The van der Waals surface area contributed by atoms with Gasteiger partial charge in [-0.05, 0) is 23.8 Å². The Morgan fingerprint density at radius 3 is 2.68 bits per heavy atom. The lowest BCUT2D eigenvalue weighted by molar-refractivity contribution is 0.0785. The van der Waals surface area contributed by atoms with E-state index in [9.17, 15) is 4.79 Å². The number of rotatable bonds is 4. The normalized spacial score (nSPS) is 10.4. The van der Waals surface area contributed by atoms with E-state index in [-0.39, 0.29) is 5.91 Å². The Morgan fingerprint density at radius 2 is 1.95 bits per heavy atom. The van der Waals surface area contributed by atoms with Gasteiger partial charge in [0.05, 0.1) is 17.4 Å². The summed E-state index contributed by atoms with van der Waals surface area (Å²) in [5, 5.41) is 4.25. The quantitative estimate of drug-likeness (QED) is 0.742. The van der Waals surface area contributed by atoms with E-state index in [1.54, 1.807) is 41.4 Å². The SMILES string of the molecule is CN(Cc1cccnc1)C(=O)c1cnn(-c2ccccc2)c1. The van der Waals surface area contributed by atoms with E-state index < -0.39 is 0 Å². The van der Waals surface area contributed by atoms with Crippen molar-refractivity contribution >= 4 is 5.91 Å². The number of carbonyl (C=O) groups is 1. The van der Waals surface area contributed by atoms with Crippen molar-refractivity contribution in [1.82, 2.24) is 19.7 Å². The standard InChI is InChI=1S/C17H16N4O/c1-20(12-14-6-5-9-18-10-14)17(22)15-11-19-21(13-15)16-7-3-2-4-8-16/h2-11,13H,12H2,1H3. The van der Waals surface area contributed by atoms with Crippen molar-refractivity contribution in [3.63, 3.8) is 0 Å². The van der Waals surface area contributed by atoms with Crippen molar-refractivity contribution in [2.75, 3.05) is 7.05 Å². The Kier molecular flexibility index (Phi) is 3.96. The lowest BCUT2D eigenvalue weighted by atomic mass is 10.2. The molecule has 22 heavy (non-hydrogen) atoms. The average molecular weight is 292 g/mol. The molecular weight excluding hydrogens is 276 g/mol. The molecule has 3 rings (SSSR count). The summed E-state index contributed by atoms with van der Waals surface area (Å²) in [5.74, 6) is -0.0639. The molecule has 0 radical (unpaired) electrons. The van der Waals surface area contributed by atoms with E-state index in [4.69, 9.17) is 0 Å². The molecule has 0 saturated carbocycles. The topological polar surface area (TPSA) is 51.0 Å². The van der Waals surface area contributed by atoms with Crippen LogP contribution in [-0.4, -0.2) is 32.6 Å². The summed E-state index contributed by atoms with van der Waals surface area (Å²) >= 11 is 0. The van der Waals surface area contributed by atoms with Crippen LogP contribution in [0.15, 0.2) is 67.3 Å². The Bertz CT molecular complexity index is 753. The molecule has 0 bridgehead atoms. The van der Waals surface area contributed by atoms with Crippen molar-refractivity contribution in [3.05, 3.63) is 78.4 Å². The molecule has 0 unspecified atom stereocenters. The molecule has 2 heterocycles. The Balaban J connectivity index is 1.74. The zero-order valence-electron chi connectivity index (χ0n) is 12.3. The van der Waals surface area contributed by atoms with Gasteiger partial charge in [-0.2, -0.15) is 5.10 Å². The maximum Gasteiger partial charge on any atom is 0.257 e. The van der Waals surface area contributed by atoms with Crippen molar-refractivity contribution in [2.24, 2.45) is 0 Å². The van der Waals surface area contributed by atoms with Gasteiger partial charge >= 0.3 is 0 Å². The molecule has 2 aromatic heterocycles. The summed E-state index contributed by atoms with van der Waals surface area (Å²) in [6.45, 7) is 0.517. The van der Waals surface area contributed by atoms with Crippen LogP contribution in [0.5, 0.6) is 0 Å². The van der Waals surface area contributed by atoms with Crippen LogP contribution in [0.1, 0.15) is 15.9 Å². The van der Waals surface area contributed by atoms with Gasteiger partial charge in [-0.25, -0.2) is 4.68 Å². The number of benzene rings is 1. The van der Waals surface area contributed by atoms with Crippen LogP contribution >= 0.6 is 0 Å². The number of nitrogens with zero attached hydrogens (tertiary/aromatic N) is 4. The molecule has 1 amide bonds. The molecule has 110 valence electrons. The molecule has 0 N–H and O–H groups in total. The maximum absolute atomic E-state index is 12.4. The second kappa shape index (κ2) is 6.22. The number of aromatic nitrogens is 3. The second-order valence-corrected chi connectivity index (χ2v) is 5.03. The van der Waals surface area contributed by atoms with Gasteiger partial charge in [-0.3, -0.25) is 9.78 Å². The van der Waals surface area contributed by atoms with E-state index in [0.29, 0.717) is 12.1 Å². The summed E-state index contributed by atoms with van der Waals surface area (Å²) in [6.07, 6.45) is 6.82. The highest BCUT2D eigenvalue weighted by Gasteiger charge is 2.14. The highest BCUT2D eigenvalue weighted by atomic mass is 16.2. The fraction of sp³-hybridized carbons (Fsp3) is 0.118. The molecule has 0 atom stereocenters. The van der Waals surface area contributed by atoms with Crippen LogP contribution in [0, 0.1) is 0 Å². The molecule has 0 aliphatic heterocycles. The van der Waals surface area contributed by atoms with E-state index in [2.05, 4.69) is 10.1 Å². The number of para-hydroxylation sites is 1. The van der Waals surface area contributed by atoms with E-state index in [0.717, 1.165) is 11.3 Å². The minimum absolute atomic E-state index is 0.0639. The lowest BCUT2D eigenvalue weighted by Crippen LogP contribution is -2.25. The van der Waals surface area contributed by atoms with Gasteiger partial charge in [0.2, 0.25) is 0 Å². The molecule has 5 nitrogen and oxygen atoms in total. The number of hydrogen-bond donors (Lipinski definition) is 0. The Labute approximate surface area is 128 Å². The largest absolute Gasteiger partial charge is 0.337 e. The summed E-state index contributed by atoms with van der Waals surface area (Å²) < 4.78 is 1.70. The van der Waals surface area contributed by atoms with Gasteiger partial charge in [0.25, 0.3) is 5.91 Å². The first-order valence-corrected chi connectivity index (χ1v) is 6.98. The van der Waals surface area contributed by atoms with Crippen molar-refractivity contribution in [1.29, 1.82) is 0 Å². The van der Waals surface area contributed by atoms with Gasteiger partial charge in [0.15, 0.2) is 0 Å². The first-order valence-electron chi connectivity index (χ1n) is 6.98. The smallest absolute Gasteiger partial charge is 0.257 e. The van der Waals surface area contributed by atoms with Crippen LogP contribution in [0.3, 0.4) is 0 Å². The van der Waals surface area contributed by atoms with Crippen molar-refractivity contribution in [2.45, 2.75) is 6.54 Å². The van der Waals surface area contributed by atoms with Crippen LogP contribution in [0.4, 0.5) is 0 Å². The Morgan fingerprint density at radius 1 is 1.14 bits per heavy atom.